The average molecular weight is 317 g/mol. The first-order valence-corrected chi connectivity index (χ1v) is 7.92. The van der Waals surface area contributed by atoms with E-state index in [-0.39, 0.29) is 11.0 Å². The van der Waals surface area contributed by atoms with Crippen LogP contribution in [0.2, 0.25) is 0 Å². The molecule has 1 fully saturated rings. The van der Waals surface area contributed by atoms with Crippen LogP contribution in [-0.2, 0) is 18.5 Å². The van der Waals surface area contributed by atoms with Crippen molar-refractivity contribution in [2.45, 2.75) is 46.2 Å². The van der Waals surface area contributed by atoms with Crippen LogP contribution in [0, 0.1) is 12.8 Å². The first-order valence-electron chi connectivity index (χ1n) is 7.92. The van der Waals surface area contributed by atoms with Gasteiger partial charge in [-0.3, -0.25) is 9.69 Å². The average Bonchev–Trinajstić information content (AvgIpc) is 2.82. The molecule has 0 saturated carbocycles. The molecule has 0 atom stereocenters. The molecule has 0 unspecified atom stereocenters. The van der Waals surface area contributed by atoms with Gasteiger partial charge in [-0.15, -0.1) is 0 Å². The van der Waals surface area contributed by atoms with E-state index in [1.807, 2.05) is 13.0 Å². The first-order chi connectivity index (χ1) is 10.8. The maximum atomic E-state index is 12.0. The molecular formula is C16H23N5O2. The Kier molecular flexibility index (Phi) is 4.06. The first kappa shape index (κ1) is 15.9. The van der Waals surface area contributed by atoms with E-state index in [0.717, 1.165) is 36.7 Å². The molecule has 1 aliphatic heterocycles. The summed E-state index contributed by atoms with van der Waals surface area (Å²) in [6.45, 7) is 11.5. The summed E-state index contributed by atoms with van der Waals surface area (Å²) in [5.41, 5.74) is 2.57. The zero-order chi connectivity index (χ0) is 16.6. The van der Waals surface area contributed by atoms with Gasteiger partial charge in [0.05, 0.1) is 12.2 Å². The molecule has 0 amide bonds. The summed E-state index contributed by atoms with van der Waals surface area (Å²) in [7, 11) is 0. The van der Waals surface area contributed by atoms with Crippen LogP contribution in [0.15, 0.2) is 21.6 Å². The minimum absolute atomic E-state index is 0.0343. The van der Waals surface area contributed by atoms with Crippen molar-refractivity contribution in [3.8, 4) is 0 Å². The van der Waals surface area contributed by atoms with Crippen LogP contribution in [0.5, 0.6) is 0 Å². The Hall–Kier alpha value is -2.02. The number of rotatable bonds is 4. The predicted octanol–water partition coefficient (Wildman–Crippen LogP) is 1.36. The van der Waals surface area contributed by atoms with Crippen LogP contribution in [-0.4, -0.2) is 38.1 Å². The van der Waals surface area contributed by atoms with Gasteiger partial charge in [-0.05, 0) is 13.0 Å². The van der Waals surface area contributed by atoms with Gasteiger partial charge >= 0.3 is 0 Å². The fraction of sp³-hybridized carbons (Fsp3) is 0.625. The highest BCUT2D eigenvalue weighted by molar-refractivity contribution is 5.11. The van der Waals surface area contributed by atoms with Crippen molar-refractivity contribution in [2.75, 3.05) is 13.1 Å². The highest BCUT2D eigenvalue weighted by atomic mass is 16.6. The molecule has 0 bridgehead atoms. The fourth-order valence-corrected chi connectivity index (χ4v) is 2.75. The van der Waals surface area contributed by atoms with Crippen molar-refractivity contribution in [3.05, 3.63) is 39.6 Å². The van der Waals surface area contributed by atoms with E-state index in [0.29, 0.717) is 12.5 Å². The molecule has 1 saturated heterocycles. The standard InChI is InChI=1S/C16H23N5O2/c1-11-13(19-23-18-11)10-20-7-12(8-20)9-21-15(22)6-5-14(17-21)16(2,3)4/h5-6,12H,7-10H2,1-4H3. The van der Waals surface area contributed by atoms with E-state index in [2.05, 4.69) is 41.1 Å². The Balaban J connectivity index is 1.60. The summed E-state index contributed by atoms with van der Waals surface area (Å²) in [6.07, 6.45) is 0. The normalized spacial score (nSPS) is 16.5. The van der Waals surface area contributed by atoms with Crippen molar-refractivity contribution in [1.82, 2.24) is 25.0 Å². The Bertz CT molecular complexity index is 737. The van der Waals surface area contributed by atoms with Crippen molar-refractivity contribution in [1.29, 1.82) is 0 Å². The van der Waals surface area contributed by atoms with Crippen molar-refractivity contribution in [2.24, 2.45) is 5.92 Å². The molecule has 1 aliphatic rings. The molecular weight excluding hydrogens is 294 g/mol. The van der Waals surface area contributed by atoms with Crippen LogP contribution in [0.1, 0.15) is 37.9 Å². The van der Waals surface area contributed by atoms with Gasteiger partial charge in [0, 0.05) is 37.0 Å². The van der Waals surface area contributed by atoms with Crippen LogP contribution in [0.25, 0.3) is 0 Å². The summed E-state index contributed by atoms with van der Waals surface area (Å²) in [5.74, 6) is 0.440. The predicted molar refractivity (Wildman–Crippen MR) is 85.0 cm³/mol. The van der Waals surface area contributed by atoms with Crippen molar-refractivity contribution < 1.29 is 4.63 Å². The van der Waals surface area contributed by atoms with Gasteiger partial charge < -0.3 is 0 Å². The second kappa shape index (κ2) is 5.88. The van der Waals surface area contributed by atoms with Crippen LogP contribution < -0.4 is 5.56 Å². The number of aromatic nitrogens is 4. The monoisotopic (exact) mass is 317 g/mol. The van der Waals surface area contributed by atoms with Gasteiger partial charge in [-0.25, -0.2) is 9.31 Å². The number of likely N-dealkylation sites (tertiary alicyclic amines) is 1. The van der Waals surface area contributed by atoms with Crippen LogP contribution in [0.4, 0.5) is 0 Å². The molecule has 7 nitrogen and oxygen atoms in total. The third-order valence-electron chi connectivity index (χ3n) is 4.22. The minimum Gasteiger partial charge on any atom is -0.297 e. The van der Waals surface area contributed by atoms with E-state index in [9.17, 15) is 4.79 Å². The molecule has 124 valence electrons. The van der Waals surface area contributed by atoms with Gasteiger partial charge in [0.25, 0.3) is 5.56 Å². The summed E-state index contributed by atoms with van der Waals surface area (Å²) in [6, 6.07) is 3.45. The molecule has 2 aromatic heterocycles. The van der Waals surface area contributed by atoms with E-state index < -0.39 is 0 Å². The van der Waals surface area contributed by atoms with Gasteiger partial charge in [0.2, 0.25) is 0 Å². The lowest BCUT2D eigenvalue weighted by Crippen LogP contribution is -2.49. The molecule has 0 N–H and O–H groups in total. The lowest BCUT2D eigenvalue weighted by Gasteiger charge is -2.38. The number of aryl methyl sites for hydroxylation is 1. The lowest BCUT2D eigenvalue weighted by molar-refractivity contribution is 0.0737. The highest BCUT2D eigenvalue weighted by Gasteiger charge is 2.29. The molecule has 3 rings (SSSR count). The Morgan fingerprint density at radius 3 is 2.61 bits per heavy atom. The van der Waals surface area contributed by atoms with Crippen LogP contribution >= 0.6 is 0 Å². The largest absolute Gasteiger partial charge is 0.297 e. The number of nitrogens with zero attached hydrogens (tertiary/aromatic N) is 5. The molecule has 0 aliphatic carbocycles. The van der Waals surface area contributed by atoms with E-state index >= 15 is 0 Å². The summed E-state index contributed by atoms with van der Waals surface area (Å²) in [4.78, 5) is 14.3. The van der Waals surface area contributed by atoms with Gasteiger partial charge in [0.1, 0.15) is 11.4 Å². The van der Waals surface area contributed by atoms with Gasteiger partial charge in [0.15, 0.2) is 0 Å². The second-order valence-corrected chi connectivity index (χ2v) is 7.35. The summed E-state index contributed by atoms with van der Waals surface area (Å²) >= 11 is 0. The fourth-order valence-electron chi connectivity index (χ4n) is 2.75. The number of hydrogen-bond acceptors (Lipinski definition) is 6. The SMILES string of the molecule is Cc1nonc1CN1CC(Cn2nc(C(C)(C)C)ccc2=O)C1. The van der Waals surface area contributed by atoms with Crippen LogP contribution in [0.3, 0.4) is 0 Å². The molecule has 3 heterocycles. The van der Waals surface area contributed by atoms with E-state index in [4.69, 9.17) is 4.63 Å². The summed E-state index contributed by atoms with van der Waals surface area (Å²) in [5, 5.41) is 12.2. The molecule has 23 heavy (non-hydrogen) atoms. The molecule has 0 aromatic carbocycles. The topological polar surface area (TPSA) is 77.1 Å². The minimum atomic E-state index is -0.0570. The van der Waals surface area contributed by atoms with Gasteiger partial charge in [-0.2, -0.15) is 5.10 Å². The van der Waals surface area contributed by atoms with Crippen molar-refractivity contribution >= 4 is 0 Å². The van der Waals surface area contributed by atoms with E-state index in [1.165, 1.54) is 0 Å². The molecule has 7 heteroatoms. The molecule has 0 spiro atoms. The summed E-state index contributed by atoms with van der Waals surface area (Å²) < 4.78 is 6.32. The van der Waals surface area contributed by atoms with Gasteiger partial charge in [-0.1, -0.05) is 31.1 Å². The van der Waals surface area contributed by atoms with Crippen molar-refractivity contribution in [3.63, 3.8) is 0 Å². The third-order valence-corrected chi connectivity index (χ3v) is 4.22. The zero-order valence-electron chi connectivity index (χ0n) is 14.1. The lowest BCUT2D eigenvalue weighted by atomic mass is 9.92. The number of hydrogen-bond donors (Lipinski definition) is 0. The second-order valence-electron chi connectivity index (χ2n) is 7.35. The Morgan fingerprint density at radius 2 is 2.00 bits per heavy atom. The zero-order valence-corrected chi connectivity index (χ0v) is 14.1. The molecule has 2 aromatic rings. The Labute approximate surface area is 135 Å². The van der Waals surface area contributed by atoms with E-state index in [1.54, 1.807) is 10.7 Å². The highest BCUT2D eigenvalue weighted by Crippen LogP contribution is 2.21. The Morgan fingerprint density at radius 1 is 1.26 bits per heavy atom. The maximum absolute atomic E-state index is 12.0. The smallest absolute Gasteiger partial charge is 0.266 e. The maximum Gasteiger partial charge on any atom is 0.266 e. The third kappa shape index (κ3) is 3.50. The molecule has 0 radical (unpaired) electrons. The quantitative estimate of drug-likeness (QED) is 0.847.